The molecule has 0 spiro atoms. The van der Waals surface area contributed by atoms with E-state index in [1.165, 1.54) is 11.1 Å². The van der Waals surface area contributed by atoms with Crippen molar-refractivity contribution in [3.63, 3.8) is 0 Å². The molecule has 0 atom stereocenters. The van der Waals surface area contributed by atoms with Crippen LogP contribution in [0.5, 0.6) is 11.5 Å². The van der Waals surface area contributed by atoms with Crippen molar-refractivity contribution in [2.24, 2.45) is 0 Å². The second kappa shape index (κ2) is 7.39. The van der Waals surface area contributed by atoms with Gasteiger partial charge in [0.25, 0.3) is 5.91 Å². The fraction of sp³-hybridized carbons (Fsp3) is 0.350. The van der Waals surface area contributed by atoms with Gasteiger partial charge in [-0.25, -0.2) is 0 Å². The lowest BCUT2D eigenvalue weighted by molar-refractivity contribution is 0.0938. The standard InChI is InChI=1S/C20H23NO3/c1-3-23-18-10-9-16(13-19(18)24-4-2)20(22)21-17-11-14-7-5-6-8-15(14)12-17/h5-10,13,17H,3-4,11-12H2,1-2H3,(H,21,22). The molecule has 2 aromatic carbocycles. The van der Waals surface area contributed by atoms with Gasteiger partial charge in [0.2, 0.25) is 0 Å². The summed E-state index contributed by atoms with van der Waals surface area (Å²) in [7, 11) is 0. The van der Waals surface area contributed by atoms with Crippen LogP contribution < -0.4 is 14.8 Å². The smallest absolute Gasteiger partial charge is 0.251 e. The van der Waals surface area contributed by atoms with Gasteiger partial charge >= 0.3 is 0 Å². The van der Waals surface area contributed by atoms with Crippen LogP contribution in [0.1, 0.15) is 35.3 Å². The van der Waals surface area contributed by atoms with Crippen molar-refractivity contribution in [3.05, 3.63) is 59.2 Å². The Morgan fingerprint density at radius 3 is 2.25 bits per heavy atom. The highest BCUT2D eigenvalue weighted by Gasteiger charge is 2.23. The van der Waals surface area contributed by atoms with Gasteiger partial charge in [-0.2, -0.15) is 0 Å². The Balaban J connectivity index is 1.70. The Kier molecular flexibility index (Phi) is 5.04. The van der Waals surface area contributed by atoms with Gasteiger partial charge in [0.15, 0.2) is 11.5 Å². The van der Waals surface area contributed by atoms with Crippen molar-refractivity contribution in [3.8, 4) is 11.5 Å². The molecule has 0 aromatic heterocycles. The summed E-state index contributed by atoms with van der Waals surface area (Å²) < 4.78 is 11.1. The second-order valence-corrected chi connectivity index (χ2v) is 5.87. The quantitative estimate of drug-likeness (QED) is 0.886. The average Bonchev–Trinajstić information content (AvgIpc) is 2.99. The molecule has 0 heterocycles. The molecule has 0 bridgehead atoms. The number of carbonyl (C=O) groups is 1. The third-order valence-electron chi connectivity index (χ3n) is 4.19. The van der Waals surface area contributed by atoms with E-state index in [1.807, 2.05) is 26.0 Å². The minimum Gasteiger partial charge on any atom is -0.490 e. The van der Waals surface area contributed by atoms with Crippen molar-refractivity contribution in [2.45, 2.75) is 32.7 Å². The summed E-state index contributed by atoms with van der Waals surface area (Å²) in [6, 6.07) is 13.8. The van der Waals surface area contributed by atoms with Crippen LogP contribution in [-0.4, -0.2) is 25.2 Å². The molecule has 0 saturated carbocycles. The van der Waals surface area contributed by atoms with E-state index in [9.17, 15) is 4.79 Å². The molecule has 126 valence electrons. The summed E-state index contributed by atoms with van der Waals surface area (Å²) in [5.41, 5.74) is 3.24. The zero-order valence-electron chi connectivity index (χ0n) is 14.2. The summed E-state index contributed by atoms with van der Waals surface area (Å²) in [4.78, 5) is 12.6. The SMILES string of the molecule is CCOc1ccc(C(=O)NC2Cc3ccccc3C2)cc1OCC. The van der Waals surface area contributed by atoms with Crippen LogP contribution in [0.3, 0.4) is 0 Å². The maximum Gasteiger partial charge on any atom is 0.251 e. The monoisotopic (exact) mass is 325 g/mol. The number of nitrogens with one attached hydrogen (secondary N) is 1. The van der Waals surface area contributed by atoms with Crippen LogP contribution in [0.4, 0.5) is 0 Å². The first-order valence-electron chi connectivity index (χ1n) is 8.48. The van der Waals surface area contributed by atoms with Gasteiger partial charge in [-0.15, -0.1) is 0 Å². The van der Waals surface area contributed by atoms with Crippen molar-refractivity contribution < 1.29 is 14.3 Å². The molecule has 2 aromatic rings. The minimum absolute atomic E-state index is 0.0724. The minimum atomic E-state index is -0.0724. The van der Waals surface area contributed by atoms with Crippen molar-refractivity contribution in [1.82, 2.24) is 5.32 Å². The summed E-state index contributed by atoms with van der Waals surface area (Å²) in [6.45, 7) is 4.93. The van der Waals surface area contributed by atoms with E-state index >= 15 is 0 Å². The molecule has 1 N–H and O–H groups in total. The van der Waals surface area contributed by atoms with Crippen LogP contribution >= 0.6 is 0 Å². The number of hydrogen-bond acceptors (Lipinski definition) is 3. The van der Waals surface area contributed by atoms with E-state index in [-0.39, 0.29) is 11.9 Å². The number of amides is 1. The van der Waals surface area contributed by atoms with Gasteiger partial charge in [0, 0.05) is 11.6 Å². The summed E-state index contributed by atoms with van der Waals surface area (Å²) >= 11 is 0. The average molecular weight is 325 g/mol. The maximum absolute atomic E-state index is 12.6. The number of benzene rings is 2. The van der Waals surface area contributed by atoms with Gasteiger partial charge in [-0.3, -0.25) is 4.79 Å². The fourth-order valence-electron chi connectivity index (χ4n) is 3.12. The summed E-state index contributed by atoms with van der Waals surface area (Å²) in [5.74, 6) is 1.21. The third kappa shape index (κ3) is 3.53. The molecular formula is C20H23NO3. The Morgan fingerprint density at radius 2 is 1.62 bits per heavy atom. The highest BCUT2D eigenvalue weighted by atomic mass is 16.5. The highest BCUT2D eigenvalue weighted by molar-refractivity contribution is 5.95. The van der Waals surface area contributed by atoms with Gasteiger partial charge in [0.1, 0.15) is 0 Å². The molecule has 1 aliphatic rings. The van der Waals surface area contributed by atoms with E-state index in [0.29, 0.717) is 30.3 Å². The van der Waals surface area contributed by atoms with Crippen LogP contribution in [0.15, 0.2) is 42.5 Å². The number of carbonyl (C=O) groups excluding carboxylic acids is 1. The second-order valence-electron chi connectivity index (χ2n) is 5.87. The predicted octanol–water partition coefficient (Wildman–Crippen LogP) is 3.38. The van der Waals surface area contributed by atoms with Crippen LogP contribution in [0.2, 0.25) is 0 Å². The van der Waals surface area contributed by atoms with E-state index in [0.717, 1.165) is 12.8 Å². The van der Waals surface area contributed by atoms with Crippen molar-refractivity contribution in [2.75, 3.05) is 13.2 Å². The first-order chi connectivity index (χ1) is 11.7. The van der Waals surface area contributed by atoms with Crippen molar-refractivity contribution >= 4 is 5.91 Å². The Hall–Kier alpha value is -2.49. The Morgan fingerprint density at radius 1 is 1.00 bits per heavy atom. The summed E-state index contributed by atoms with van der Waals surface area (Å²) in [6.07, 6.45) is 1.77. The van der Waals surface area contributed by atoms with E-state index in [4.69, 9.17) is 9.47 Å². The summed E-state index contributed by atoms with van der Waals surface area (Å²) in [5, 5.41) is 3.13. The normalized spacial score (nSPS) is 13.4. The first kappa shape index (κ1) is 16.4. The largest absolute Gasteiger partial charge is 0.490 e. The van der Waals surface area contributed by atoms with Gasteiger partial charge in [0.05, 0.1) is 13.2 Å². The lowest BCUT2D eigenvalue weighted by Gasteiger charge is -2.15. The number of rotatable bonds is 6. The molecule has 1 amide bonds. The molecule has 4 heteroatoms. The molecule has 4 nitrogen and oxygen atoms in total. The highest BCUT2D eigenvalue weighted by Crippen LogP contribution is 2.29. The number of hydrogen-bond donors (Lipinski definition) is 1. The maximum atomic E-state index is 12.6. The molecule has 0 fully saturated rings. The molecule has 3 rings (SSSR count). The zero-order chi connectivity index (χ0) is 16.9. The molecule has 24 heavy (non-hydrogen) atoms. The first-order valence-corrected chi connectivity index (χ1v) is 8.48. The number of ether oxygens (including phenoxy) is 2. The fourth-order valence-corrected chi connectivity index (χ4v) is 3.12. The van der Waals surface area contributed by atoms with Crippen molar-refractivity contribution in [1.29, 1.82) is 0 Å². The van der Waals surface area contributed by atoms with Crippen LogP contribution in [-0.2, 0) is 12.8 Å². The Bertz CT molecular complexity index is 702. The third-order valence-corrected chi connectivity index (χ3v) is 4.19. The van der Waals surface area contributed by atoms with Crippen LogP contribution in [0, 0.1) is 0 Å². The van der Waals surface area contributed by atoms with Gasteiger partial charge < -0.3 is 14.8 Å². The molecule has 1 aliphatic carbocycles. The Labute approximate surface area is 142 Å². The zero-order valence-corrected chi connectivity index (χ0v) is 14.2. The van der Waals surface area contributed by atoms with Gasteiger partial charge in [-0.1, -0.05) is 24.3 Å². The lowest BCUT2D eigenvalue weighted by Crippen LogP contribution is -2.35. The van der Waals surface area contributed by atoms with E-state index < -0.39 is 0 Å². The molecule has 0 unspecified atom stereocenters. The topological polar surface area (TPSA) is 47.6 Å². The molecular weight excluding hydrogens is 302 g/mol. The molecule has 0 aliphatic heterocycles. The van der Waals surface area contributed by atoms with Gasteiger partial charge in [-0.05, 0) is 56.0 Å². The molecule has 0 radical (unpaired) electrons. The number of fused-ring (bicyclic) bond motifs is 1. The van der Waals surface area contributed by atoms with Crippen LogP contribution in [0.25, 0.3) is 0 Å². The lowest BCUT2D eigenvalue weighted by atomic mass is 10.1. The predicted molar refractivity (Wildman–Crippen MR) is 93.9 cm³/mol. The molecule has 0 saturated heterocycles. The van der Waals surface area contributed by atoms with E-state index in [1.54, 1.807) is 18.2 Å². The van der Waals surface area contributed by atoms with E-state index in [2.05, 4.69) is 17.4 Å².